The van der Waals surface area contributed by atoms with Crippen LogP contribution in [-0.2, 0) is 10.5 Å². The third-order valence-electron chi connectivity index (χ3n) is 3.30. The predicted octanol–water partition coefficient (Wildman–Crippen LogP) is 3.61. The highest BCUT2D eigenvalue weighted by Gasteiger charge is 2.12. The molecule has 0 aliphatic rings. The first kappa shape index (κ1) is 18.7. The molecule has 0 fully saturated rings. The van der Waals surface area contributed by atoms with E-state index in [-0.39, 0.29) is 23.4 Å². The Morgan fingerprint density at radius 3 is 2.60 bits per heavy atom. The molecule has 0 saturated carbocycles. The highest BCUT2D eigenvalue weighted by atomic mass is 32.2. The molecule has 130 valence electrons. The lowest BCUT2D eigenvalue weighted by molar-refractivity contribution is -0.113. The van der Waals surface area contributed by atoms with Crippen LogP contribution >= 0.6 is 11.8 Å². The molecule has 0 unspecified atom stereocenters. The number of carbonyl (C=O) groups excluding carboxylic acids is 2. The summed E-state index contributed by atoms with van der Waals surface area (Å²) in [5.41, 5.74) is 1.39. The lowest BCUT2D eigenvalue weighted by Gasteiger charge is -2.11. The quantitative estimate of drug-likeness (QED) is 0.709. The van der Waals surface area contributed by atoms with E-state index in [0.29, 0.717) is 29.1 Å². The van der Waals surface area contributed by atoms with Crippen molar-refractivity contribution in [3.8, 4) is 0 Å². The Kier molecular flexibility index (Phi) is 7.22. The summed E-state index contributed by atoms with van der Waals surface area (Å²) < 4.78 is 13.5. The van der Waals surface area contributed by atoms with Gasteiger partial charge in [0.05, 0.1) is 17.0 Å². The van der Waals surface area contributed by atoms with Crippen molar-refractivity contribution in [2.24, 2.45) is 0 Å². The Hall–Kier alpha value is -2.60. The zero-order chi connectivity index (χ0) is 18.1. The minimum Gasteiger partial charge on any atom is -0.349 e. The second kappa shape index (κ2) is 9.64. The second-order valence-electron chi connectivity index (χ2n) is 5.18. The lowest BCUT2D eigenvalue weighted by atomic mass is 10.1. The Bertz CT molecular complexity index is 765. The largest absolute Gasteiger partial charge is 0.349 e. The molecule has 0 heterocycles. The summed E-state index contributed by atoms with van der Waals surface area (Å²) in [5.74, 6) is -0.238. The molecular formula is C19H19FN2O2S. The van der Waals surface area contributed by atoms with E-state index in [1.54, 1.807) is 48.5 Å². The van der Waals surface area contributed by atoms with Gasteiger partial charge in [0.1, 0.15) is 5.82 Å². The fraction of sp³-hybridized carbons (Fsp3) is 0.158. The van der Waals surface area contributed by atoms with Gasteiger partial charge in [0.25, 0.3) is 5.91 Å². The molecule has 0 aliphatic carbocycles. The van der Waals surface area contributed by atoms with Crippen LogP contribution in [0.4, 0.5) is 10.1 Å². The van der Waals surface area contributed by atoms with Crippen LogP contribution < -0.4 is 10.6 Å². The highest BCUT2D eigenvalue weighted by Crippen LogP contribution is 2.18. The molecule has 25 heavy (non-hydrogen) atoms. The number of para-hydroxylation sites is 1. The normalized spacial score (nSPS) is 10.1. The van der Waals surface area contributed by atoms with Gasteiger partial charge in [0.2, 0.25) is 5.91 Å². The first-order chi connectivity index (χ1) is 12.1. The minimum atomic E-state index is -0.283. The van der Waals surface area contributed by atoms with E-state index in [1.807, 2.05) is 0 Å². The van der Waals surface area contributed by atoms with Gasteiger partial charge in [-0.2, -0.15) is 0 Å². The number of benzene rings is 2. The molecule has 0 spiro atoms. The smallest absolute Gasteiger partial charge is 0.253 e. The number of thioether (sulfide) groups is 1. The van der Waals surface area contributed by atoms with E-state index in [9.17, 15) is 14.0 Å². The van der Waals surface area contributed by atoms with Crippen LogP contribution in [0.5, 0.6) is 0 Å². The Morgan fingerprint density at radius 2 is 1.84 bits per heavy atom. The molecule has 2 aromatic rings. The van der Waals surface area contributed by atoms with Gasteiger partial charge in [0, 0.05) is 12.3 Å². The molecular weight excluding hydrogens is 339 g/mol. The Morgan fingerprint density at radius 1 is 1.12 bits per heavy atom. The molecule has 0 aromatic heterocycles. The molecule has 0 radical (unpaired) electrons. The van der Waals surface area contributed by atoms with E-state index >= 15 is 0 Å². The summed E-state index contributed by atoms with van der Waals surface area (Å²) >= 11 is 1.31. The highest BCUT2D eigenvalue weighted by molar-refractivity contribution is 7.99. The Labute approximate surface area is 150 Å². The van der Waals surface area contributed by atoms with Crippen LogP contribution in [0, 0.1) is 5.82 Å². The van der Waals surface area contributed by atoms with Gasteiger partial charge in [-0.25, -0.2) is 4.39 Å². The maximum absolute atomic E-state index is 13.5. The fourth-order valence-corrected chi connectivity index (χ4v) is 2.92. The summed E-state index contributed by atoms with van der Waals surface area (Å²) in [4.78, 5) is 24.2. The SMILES string of the molecule is C=CCNC(=O)c1ccccc1NC(=O)CSCc1ccccc1F. The average molecular weight is 358 g/mol. The number of carbonyl (C=O) groups is 2. The van der Waals surface area contributed by atoms with Crippen molar-refractivity contribution in [1.82, 2.24) is 5.32 Å². The van der Waals surface area contributed by atoms with Crippen LogP contribution in [0.15, 0.2) is 61.2 Å². The topological polar surface area (TPSA) is 58.2 Å². The van der Waals surface area contributed by atoms with Gasteiger partial charge >= 0.3 is 0 Å². The predicted molar refractivity (Wildman–Crippen MR) is 100 cm³/mol. The zero-order valence-electron chi connectivity index (χ0n) is 13.6. The summed E-state index contributed by atoms with van der Waals surface area (Å²) in [5, 5.41) is 5.41. The molecule has 2 rings (SSSR count). The number of rotatable bonds is 8. The van der Waals surface area contributed by atoms with E-state index in [1.165, 1.54) is 17.8 Å². The van der Waals surface area contributed by atoms with Crippen LogP contribution in [-0.4, -0.2) is 24.1 Å². The van der Waals surface area contributed by atoms with Crippen molar-refractivity contribution >= 4 is 29.3 Å². The van der Waals surface area contributed by atoms with Crippen LogP contribution in [0.3, 0.4) is 0 Å². The average Bonchev–Trinajstić information content (AvgIpc) is 2.62. The van der Waals surface area contributed by atoms with Gasteiger partial charge in [-0.1, -0.05) is 36.4 Å². The summed E-state index contributed by atoms with van der Waals surface area (Å²) in [6.45, 7) is 3.89. The first-order valence-electron chi connectivity index (χ1n) is 7.71. The van der Waals surface area contributed by atoms with Gasteiger partial charge < -0.3 is 10.6 Å². The fourth-order valence-electron chi connectivity index (χ4n) is 2.11. The summed E-state index contributed by atoms with van der Waals surface area (Å²) in [6, 6.07) is 13.3. The van der Waals surface area contributed by atoms with Crippen molar-refractivity contribution in [3.63, 3.8) is 0 Å². The van der Waals surface area contributed by atoms with Gasteiger partial charge in [-0.15, -0.1) is 18.3 Å². The monoisotopic (exact) mass is 358 g/mol. The van der Waals surface area contributed by atoms with E-state index in [2.05, 4.69) is 17.2 Å². The van der Waals surface area contributed by atoms with Crippen molar-refractivity contribution in [2.45, 2.75) is 5.75 Å². The van der Waals surface area contributed by atoms with Crippen molar-refractivity contribution in [3.05, 3.63) is 78.1 Å². The number of anilines is 1. The molecule has 0 saturated heterocycles. The van der Waals surface area contributed by atoms with Crippen LogP contribution in [0.1, 0.15) is 15.9 Å². The molecule has 6 heteroatoms. The van der Waals surface area contributed by atoms with E-state index in [0.717, 1.165) is 0 Å². The van der Waals surface area contributed by atoms with Gasteiger partial charge in [-0.3, -0.25) is 9.59 Å². The maximum Gasteiger partial charge on any atom is 0.253 e. The summed E-state index contributed by atoms with van der Waals surface area (Å²) in [6.07, 6.45) is 1.58. The third-order valence-corrected chi connectivity index (χ3v) is 4.28. The maximum atomic E-state index is 13.5. The second-order valence-corrected chi connectivity index (χ2v) is 6.16. The number of amides is 2. The van der Waals surface area contributed by atoms with Crippen molar-refractivity contribution in [1.29, 1.82) is 0 Å². The molecule has 0 bridgehead atoms. The van der Waals surface area contributed by atoms with Crippen molar-refractivity contribution in [2.75, 3.05) is 17.6 Å². The molecule has 2 N–H and O–H groups in total. The molecule has 0 atom stereocenters. The van der Waals surface area contributed by atoms with Gasteiger partial charge in [-0.05, 0) is 23.8 Å². The van der Waals surface area contributed by atoms with Crippen molar-refractivity contribution < 1.29 is 14.0 Å². The van der Waals surface area contributed by atoms with Crippen LogP contribution in [0.2, 0.25) is 0 Å². The number of hydrogen-bond acceptors (Lipinski definition) is 3. The molecule has 2 amide bonds. The van der Waals surface area contributed by atoms with E-state index < -0.39 is 0 Å². The molecule has 2 aromatic carbocycles. The molecule has 4 nitrogen and oxygen atoms in total. The Balaban J connectivity index is 1.91. The minimum absolute atomic E-state index is 0.164. The summed E-state index contributed by atoms with van der Waals surface area (Å²) in [7, 11) is 0. The standard InChI is InChI=1S/C19H19FN2O2S/c1-2-11-21-19(24)15-8-4-6-10-17(15)22-18(23)13-25-12-14-7-3-5-9-16(14)20/h2-10H,1,11-13H2,(H,21,24)(H,22,23). The number of hydrogen-bond donors (Lipinski definition) is 2. The lowest BCUT2D eigenvalue weighted by Crippen LogP contribution is -2.25. The van der Waals surface area contributed by atoms with Gasteiger partial charge in [0.15, 0.2) is 0 Å². The first-order valence-corrected chi connectivity index (χ1v) is 8.86. The molecule has 0 aliphatic heterocycles. The third kappa shape index (κ3) is 5.76. The number of halogens is 1. The van der Waals surface area contributed by atoms with E-state index in [4.69, 9.17) is 0 Å². The van der Waals surface area contributed by atoms with Crippen LogP contribution in [0.25, 0.3) is 0 Å². The number of nitrogens with one attached hydrogen (secondary N) is 2. The zero-order valence-corrected chi connectivity index (χ0v) is 14.4.